The first-order valence-electron chi connectivity index (χ1n) is 7.53. The fourth-order valence-electron chi connectivity index (χ4n) is 2.40. The number of aromatic nitrogens is 1. The first kappa shape index (κ1) is 16.8. The number of amides is 2. The van der Waals surface area contributed by atoms with Crippen molar-refractivity contribution in [1.82, 2.24) is 9.88 Å². The number of thioether (sulfide) groups is 1. The SMILES string of the molecule is O=C(Nc1cccc(C(=O)N2CCSCC2)c1)c1cc(Cl)ccn1. The molecule has 5 nitrogen and oxygen atoms in total. The molecule has 0 aliphatic carbocycles. The van der Waals surface area contributed by atoms with Crippen LogP contribution >= 0.6 is 23.4 Å². The molecule has 0 unspecified atom stereocenters. The van der Waals surface area contributed by atoms with Gasteiger partial charge in [-0.2, -0.15) is 11.8 Å². The summed E-state index contributed by atoms with van der Waals surface area (Å²) in [5.74, 6) is 1.55. The number of nitrogens with zero attached hydrogens (tertiary/aromatic N) is 2. The number of benzene rings is 1. The van der Waals surface area contributed by atoms with Gasteiger partial charge in [-0.1, -0.05) is 17.7 Å². The zero-order valence-corrected chi connectivity index (χ0v) is 14.4. The predicted molar refractivity (Wildman–Crippen MR) is 96.9 cm³/mol. The van der Waals surface area contributed by atoms with Gasteiger partial charge >= 0.3 is 0 Å². The van der Waals surface area contributed by atoms with Crippen molar-refractivity contribution in [3.63, 3.8) is 0 Å². The smallest absolute Gasteiger partial charge is 0.274 e. The van der Waals surface area contributed by atoms with Crippen LogP contribution in [-0.4, -0.2) is 46.3 Å². The summed E-state index contributed by atoms with van der Waals surface area (Å²) in [6.45, 7) is 1.51. The van der Waals surface area contributed by atoms with Crippen molar-refractivity contribution in [2.45, 2.75) is 0 Å². The molecule has 24 heavy (non-hydrogen) atoms. The Morgan fingerprint density at radius 2 is 1.96 bits per heavy atom. The first-order chi connectivity index (χ1) is 11.6. The van der Waals surface area contributed by atoms with Crippen LogP contribution in [0.3, 0.4) is 0 Å². The largest absolute Gasteiger partial charge is 0.337 e. The molecule has 1 aliphatic rings. The van der Waals surface area contributed by atoms with Gasteiger partial charge in [0.2, 0.25) is 0 Å². The van der Waals surface area contributed by atoms with Crippen LogP contribution in [0.1, 0.15) is 20.8 Å². The van der Waals surface area contributed by atoms with Gasteiger partial charge in [0.1, 0.15) is 5.69 Å². The van der Waals surface area contributed by atoms with Crippen LogP contribution in [0, 0.1) is 0 Å². The van der Waals surface area contributed by atoms with Crippen molar-refractivity contribution in [1.29, 1.82) is 0 Å². The topological polar surface area (TPSA) is 62.3 Å². The lowest BCUT2D eigenvalue weighted by atomic mass is 10.1. The molecule has 1 saturated heterocycles. The minimum absolute atomic E-state index is 0.00715. The van der Waals surface area contributed by atoms with Crippen LogP contribution in [0.4, 0.5) is 5.69 Å². The number of carbonyl (C=O) groups excluding carboxylic acids is 2. The summed E-state index contributed by atoms with van der Waals surface area (Å²) in [4.78, 5) is 30.6. The highest BCUT2D eigenvalue weighted by Gasteiger charge is 2.19. The van der Waals surface area contributed by atoms with E-state index in [1.54, 1.807) is 30.3 Å². The summed E-state index contributed by atoms with van der Waals surface area (Å²) in [6.07, 6.45) is 1.48. The van der Waals surface area contributed by atoms with E-state index in [0.717, 1.165) is 24.6 Å². The molecular weight excluding hydrogens is 346 g/mol. The third kappa shape index (κ3) is 4.07. The molecule has 2 aromatic rings. The predicted octanol–water partition coefficient (Wildman–Crippen LogP) is 3.18. The highest BCUT2D eigenvalue weighted by atomic mass is 35.5. The quantitative estimate of drug-likeness (QED) is 0.912. The Balaban J connectivity index is 1.73. The molecule has 2 amide bonds. The van der Waals surface area contributed by atoms with Gasteiger partial charge < -0.3 is 10.2 Å². The normalized spacial score (nSPS) is 14.3. The number of rotatable bonds is 3. The summed E-state index contributed by atoms with van der Waals surface area (Å²) >= 11 is 7.73. The number of nitrogens with one attached hydrogen (secondary N) is 1. The van der Waals surface area contributed by atoms with Crippen molar-refractivity contribution in [3.05, 3.63) is 58.9 Å². The summed E-state index contributed by atoms with van der Waals surface area (Å²) in [5, 5.41) is 3.20. The number of halogens is 1. The zero-order valence-electron chi connectivity index (χ0n) is 12.9. The van der Waals surface area contributed by atoms with E-state index >= 15 is 0 Å². The summed E-state index contributed by atoms with van der Waals surface area (Å²) in [7, 11) is 0. The second-order valence-corrected chi connectivity index (χ2v) is 6.96. The molecule has 0 bridgehead atoms. The Labute approximate surface area is 149 Å². The monoisotopic (exact) mass is 361 g/mol. The fourth-order valence-corrected chi connectivity index (χ4v) is 3.47. The highest BCUT2D eigenvalue weighted by Crippen LogP contribution is 2.17. The van der Waals surface area contributed by atoms with Crippen molar-refractivity contribution in [3.8, 4) is 0 Å². The highest BCUT2D eigenvalue weighted by molar-refractivity contribution is 7.99. The van der Waals surface area contributed by atoms with E-state index in [2.05, 4.69) is 10.3 Å². The fraction of sp³-hybridized carbons (Fsp3) is 0.235. The lowest BCUT2D eigenvalue weighted by Crippen LogP contribution is -2.37. The van der Waals surface area contributed by atoms with Crippen LogP contribution in [-0.2, 0) is 0 Å². The maximum atomic E-state index is 12.5. The molecule has 2 heterocycles. The van der Waals surface area contributed by atoms with Crippen molar-refractivity contribution in [2.24, 2.45) is 0 Å². The Hall–Kier alpha value is -2.05. The maximum Gasteiger partial charge on any atom is 0.274 e. The first-order valence-corrected chi connectivity index (χ1v) is 9.07. The molecule has 3 rings (SSSR count). The minimum Gasteiger partial charge on any atom is -0.337 e. The van der Waals surface area contributed by atoms with E-state index in [1.165, 1.54) is 12.3 Å². The molecule has 124 valence electrons. The Bertz CT molecular complexity index is 763. The molecule has 0 atom stereocenters. The molecule has 1 aliphatic heterocycles. The molecule has 0 saturated carbocycles. The number of anilines is 1. The van der Waals surface area contributed by atoms with E-state index in [-0.39, 0.29) is 17.5 Å². The minimum atomic E-state index is -0.364. The lowest BCUT2D eigenvalue weighted by Gasteiger charge is -2.26. The van der Waals surface area contributed by atoms with Gasteiger partial charge in [0, 0.05) is 47.1 Å². The van der Waals surface area contributed by atoms with E-state index in [9.17, 15) is 9.59 Å². The van der Waals surface area contributed by atoms with Crippen molar-refractivity contribution < 1.29 is 9.59 Å². The van der Waals surface area contributed by atoms with Gasteiger partial charge in [0.25, 0.3) is 11.8 Å². The van der Waals surface area contributed by atoms with E-state index in [0.29, 0.717) is 16.3 Å². The van der Waals surface area contributed by atoms with Gasteiger partial charge in [-0.25, -0.2) is 0 Å². The van der Waals surface area contributed by atoms with Gasteiger partial charge in [-0.05, 0) is 30.3 Å². The van der Waals surface area contributed by atoms with Gasteiger partial charge in [-0.3, -0.25) is 14.6 Å². The summed E-state index contributed by atoms with van der Waals surface area (Å²) < 4.78 is 0. The standard InChI is InChI=1S/C17H16ClN3O2S/c18-13-4-5-19-15(11-13)16(22)20-14-3-1-2-12(10-14)17(23)21-6-8-24-9-7-21/h1-5,10-11H,6-9H2,(H,20,22). The van der Waals surface area contributed by atoms with Gasteiger partial charge in [0.05, 0.1) is 0 Å². The number of carbonyl (C=O) groups is 2. The third-order valence-electron chi connectivity index (χ3n) is 3.62. The maximum absolute atomic E-state index is 12.5. The summed E-state index contributed by atoms with van der Waals surface area (Å²) in [6, 6.07) is 10.0. The van der Waals surface area contributed by atoms with Gasteiger partial charge in [-0.15, -0.1) is 0 Å². The van der Waals surface area contributed by atoms with Crippen LogP contribution in [0.25, 0.3) is 0 Å². The summed E-state index contributed by atoms with van der Waals surface area (Å²) in [5.41, 5.74) is 1.35. The number of hydrogen-bond acceptors (Lipinski definition) is 4. The van der Waals surface area contributed by atoms with Crippen molar-refractivity contribution in [2.75, 3.05) is 29.9 Å². The number of hydrogen-bond donors (Lipinski definition) is 1. The molecule has 0 radical (unpaired) electrons. The zero-order chi connectivity index (χ0) is 16.9. The van der Waals surface area contributed by atoms with Gasteiger partial charge in [0.15, 0.2) is 0 Å². The Morgan fingerprint density at radius 3 is 2.71 bits per heavy atom. The third-order valence-corrected chi connectivity index (χ3v) is 4.80. The molecule has 1 aromatic carbocycles. The Kier molecular flexibility index (Phi) is 5.37. The Morgan fingerprint density at radius 1 is 1.17 bits per heavy atom. The van der Waals surface area contributed by atoms with Crippen LogP contribution in [0.2, 0.25) is 5.02 Å². The molecule has 1 N–H and O–H groups in total. The molecule has 1 aromatic heterocycles. The van der Waals surface area contributed by atoms with E-state index in [1.807, 2.05) is 16.7 Å². The van der Waals surface area contributed by atoms with Crippen molar-refractivity contribution >= 4 is 40.9 Å². The molecular formula is C17H16ClN3O2S. The second kappa shape index (κ2) is 7.68. The van der Waals surface area contributed by atoms with E-state index < -0.39 is 0 Å². The average molecular weight is 362 g/mol. The van der Waals surface area contributed by atoms with Crippen LogP contribution in [0.5, 0.6) is 0 Å². The van der Waals surface area contributed by atoms with E-state index in [4.69, 9.17) is 11.6 Å². The van der Waals surface area contributed by atoms with Crippen LogP contribution < -0.4 is 5.32 Å². The van der Waals surface area contributed by atoms with Crippen LogP contribution in [0.15, 0.2) is 42.6 Å². The lowest BCUT2D eigenvalue weighted by molar-refractivity contribution is 0.0772. The molecule has 1 fully saturated rings. The average Bonchev–Trinajstić information content (AvgIpc) is 2.62. The molecule has 7 heteroatoms. The second-order valence-electron chi connectivity index (χ2n) is 5.30. The number of pyridine rings is 1. The molecule has 0 spiro atoms.